The quantitative estimate of drug-likeness (QED) is 0.811. The van der Waals surface area contributed by atoms with E-state index in [1.54, 1.807) is 24.1 Å². The highest BCUT2D eigenvalue weighted by atomic mass is 35.7. The summed E-state index contributed by atoms with van der Waals surface area (Å²) in [5, 5.41) is 0. The van der Waals surface area contributed by atoms with Crippen molar-refractivity contribution in [3.05, 3.63) is 42.2 Å². The van der Waals surface area contributed by atoms with Crippen LogP contribution in [0.25, 0.3) is 0 Å². The van der Waals surface area contributed by atoms with Crippen molar-refractivity contribution in [2.24, 2.45) is 7.05 Å². The van der Waals surface area contributed by atoms with Crippen LogP contribution in [0.5, 0.6) is 5.75 Å². The molecule has 0 radical (unpaired) electrons. The van der Waals surface area contributed by atoms with E-state index in [9.17, 15) is 12.8 Å². The average Bonchev–Trinajstić information content (AvgIpc) is 2.72. The van der Waals surface area contributed by atoms with Gasteiger partial charge in [0.15, 0.2) is 11.6 Å². The normalized spacial score (nSPS) is 11.5. The summed E-state index contributed by atoms with van der Waals surface area (Å²) >= 11 is 0. The first-order chi connectivity index (χ1) is 8.88. The van der Waals surface area contributed by atoms with Crippen LogP contribution in [0, 0.1) is 5.82 Å². The van der Waals surface area contributed by atoms with E-state index in [4.69, 9.17) is 15.4 Å². The zero-order chi connectivity index (χ0) is 14.0. The average molecular weight is 305 g/mol. The maximum atomic E-state index is 13.6. The van der Waals surface area contributed by atoms with E-state index in [-0.39, 0.29) is 17.3 Å². The molecule has 0 atom stereocenters. The van der Waals surface area contributed by atoms with Crippen LogP contribution in [-0.4, -0.2) is 18.0 Å². The molecule has 1 heterocycles. The molecule has 2 rings (SSSR count). The number of ether oxygens (including phenoxy) is 1. The minimum atomic E-state index is -3.94. The van der Waals surface area contributed by atoms with E-state index < -0.39 is 14.9 Å². The molecule has 0 spiro atoms. The standard InChI is InChI=1S/C11H10ClFN2O3S/c1-15-7-14-5-8(15)6-18-11-3-2-9(4-10(11)13)19(12,16)17/h2-5,7H,6H2,1H3. The largest absolute Gasteiger partial charge is 0.484 e. The summed E-state index contributed by atoms with van der Waals surface area (Å²) in [6, 6.07) is 3.23. The van der Waals surface area contributed by atoms with Crippen molar-refractivity contribution in [2.45, 2.75) is 11.5 Å². The third-order valence-corrected chi connectivity index (χ3v) is 3.83. The van der Waals surface area contributed by atoms with Crippen LogP contribution < -0.4 is 4.74 Å². The third-order valence-electron chi connectivity index (χ3n) is 2.48. The van der Waals surface area contributed by atoms with Gasteiger partial charge in [-0.3, -0.25) is 0 Å². The van der Waals surface area contributed by atoms with Gasteiger partial charge in [0.05, 0.1) is 23.1 Å². The maximum absolute atomic E-state index is 13.6. The molecule has 0 amide bonds. The van der Waals surface area contributed by atoms with Crippen LogP contribution in [0.15, 0.2) is 35.6 Å². The van der Waals surface area contributed by atoms with E-state index in [1.165, 1.54) is 12.1 Å². The fourth-order valence-electron chi connectivity index (χ4n) is 1.43. The molecular weight excluding hydrogens is 295 g/mol. The number of aryl methyl sites for hydroxylation is 1. The van der Waals surface area contributed by atoms with Crippen molar-refractivity contribution in [1.82, 2.24) is 9.55 Å². The van der Waals surface area contributed by atoms with Gasteiger partial charge < -0.3 is 9.30 Å². The van der Waals surface area contributed by atoms with Crippen LogP contribution in [0.2, 0.25) is 0 Å². The topological polar surface area (TPSA) is 61.2 Å². The van der Waals surface area contributed by atoms with E-state index in [1.807, 2.05) is 0 Å². The summed E-state index contributed by atoms with van der Waals surface area (Å²) in [6.07, 6.45) is 3.19. The highest BCUT2D eigenvalue weighted by molar-refractivity contribution is 8.13. The third kappa shape index (κ3) is 3.24. The summed E-state index contributed by atoms with van der Waals surface area (Å²) in [5.41, 5.74) is 0.758. The molecular formula is C11H10ClFN2O3S. The number of hydrogen-bond donors (Lipinski definition) is 0. The minimum Gasteiger partial charge on any atom is -0.484 e. The van der Waals surface area contributed by atoms with Gasteiger partial charge in [0.1, 0.15) is 6.61 Å². The van der Waals surface area contributed by atoms with E-state index >= 15 is 0 Å². The minimum absolute atomic E-state index is 0.0507. The lowest BCUT2D eigenvalue weighted by atomic mass is 10.3. The summed E-state index contributed by atoms with van der Waals surface area (Å²) in [7, 11) is 2.95. The van der Waals surface area contributed by atoms with Crippen molar-refractivity contribution in [3.63, 3.8) is 0 Å². The zero-order valence-corrected chi connectivity index (χ0v) is 11.4. The van der Waals surface area contributed by atoms with Gasteiger partial charge in [0.25, 0.3) is 9.05 Å². The number of hydrogen-bond acceptors (Lipinski definition) is 4. The lowest BCUT2D eigenvalue weighted by Gasteiger charge is -2.08. The van der Waals surface area contributed by atoms with Crippen LogP contribution in [-0.2, 0) is 22.7 Å². The molecule has 0 unspecified atom stereocenters. The van der Waals surface area contributed by atoms with Crippen molar-refractivity contribution < 1.29 is 17.5 Å². The molecule has 0 aliphatic heterocycles. The Morgan fingerprint density at radius 1 is 1.47 bits per heavy atom. The Bertz CT molecular complexity index is 700. The Kier molecular flexibility index (Phi) is 3.77. The SMILES string of the molecule is Cn1cncc1COc1ccc(S(=O)(=O)Cl)cc1F. The lowest BCUT2D eigenvalue weighted by Crippen LogP contribution is -2.03. The van der Waals surface area contributed by atoms with Gasteiger partial charge in [0, 0.05) is 17.7 Å². The molecule has 102 valence electrons. The fourth-order valence-corrected chi connectivity index (χ4v) is 2.19. The summed E-state index contributed by atoms with van der Waals surface area (Å²) in [5.74, 6) is -0.839. The smallest absolute Gasteiger partial charge is 0.261 e. The number of halogens is 2. The first-order valence-electron chi connectivity index (χ1n) is 5.20. The molecule has 0 bridgehead atoms. The molecule has 5 nitrogen and oxygen atoms in total. The summed E-state index contributed by atoms with van der Waals surface area (Å²) < 4.78 is 42.7. The summed E-state index contributed by atoms with van der Waals surface area (Å²) in [6.45, 7) is 0.125. The monoisotopic (exact) mass is 304 g/mol. The molecule has 0 N–H and O–H groups in total. The van der Waals surface area contributed by atoms with Crippen molar-refractivity contribution in [3.8, 4) is 5.75 Å². The van der Waals surface area contributed by atoms with Gasteiger partial charge in [-0.15, -0.1) is 0 Å². The first kappa shape index (κ1) is 13.8. The first-order valence-corrected chi connectivity index (χ1v) is 7.51. The van der Waals surface area contributed by atoms with E-state index in [0.717, 1.165) is 11.8 Å². The molecule has 0 aliphatic rings. The Hall–Kier alpha value is -1.60. The predicted octanol–water partition coefficient (Wildman–Crippen LogP) is 2.07. The van der Waals surface area contributed by atoms with Crippen LogP contribution in [0.4, 0.5) is 4.39 Å². The van der Waals surface area contributed by atoms with Gasteiger partial charge in [-0.2, -0.15) is 0 Å². The molecule has 1 aromatic heterocycles. The van der Waals surface area contributed by atoms with Gasteiger partial charge in [0.2, 0.25) is 0 Å². The molecule has 0 saturated heterocycles. The van der Waals surface area contributed by atoms with Crippen LogP contribution in [0.1, 0.15) is 5.69 Å². The zero-order valence-electron chi connectivity index (χ0n) is 9.88. The predicted molar refractivity (Wildman–Crippen MR) is 67.0 cm³/mol. The number of aromatic nitrogens is 2. The van der Waals surface area contributed by atoms with Gasteiger partial charge in [-0.05, 0) is 18.2 Å². The van der Waals surface area contributed by atoms with Crippen LogP contribution >= 0.6 is 10.7 Å². The second-order valence-electron chi connectivity index (χ2n) is 3.81. The van der Waals surface area contributed by atoms with Gasteiger partial charge in [-0.1, -0.05) is 0 Å². The number of benzene rings is 1. The Balaban J connectivity index is 2.16. The summed E-state index contributed by atoms with van der Waals surface area (Å²) in [4.78, 5) is 3.59. The van der Waals surface area contributed by atoms with Crippen molar-refractivity contribution >= 4 is 19.7 Å². The van der Waals surface area contributed by atoms with Gasteiger partial charge >= 0.3 is 0 Å². The molecule has 0 aliphatic carbocycles. The molecule has 1 aromatic carbocycles. The fraction of sp³-hybridized carbons (Fsp3) is 0.182. The number of nitrogens with zero attached hydrogens (tertiary/aromatic N) is 2. The number of rotatable bonds is 4. The highest BCUT2D eigenvalue weighted by Crippen LogP contribution is 2.23. The molecule has 8 heteroatoms. The Morgan fingerprint density at radius 2 is 2.21 bits per heavy atom. The van der Waals surface area contributed by atoms with E-state index in [0.29, 0.717) is 0 Å². The molecule has 0 saturated carbocycles. The van der Waals surface area contributed by atoms with Crippen LogP contribution in [0.3, 0.4) is 0 Å². The second kappa shape index (κ2) is 5.18. The van der Waals surface area contributed by atoms with Crippen molar-refractivity contribution in [2.75, 3.05) is 0 Å². The second-order valence-corrected chi connectivity index (χ2v) is 6.38. The molecule has 0 fully saturated rings. The molecule has 2 aromatic rings. The molecule has 19 heavy (non-hydrogen) atoms. The Morgan fingerprint density at radius 3 is 2.74 bits per heavy atom. The maximum Gasteiger partial charge on any atom is 0.261 e. The van der Waals surface area contributed by atoms with E-state index in [2.05, 4.69) is 4.98 Å². The lowest BCUT2D eigenvalue weighted by molar-refractivity contribution is 0.282. The van der Waals surface area contributed by atoms with Crippen molar-refractivity contribution in [1.29, 1.82) is 0 Å². The Labute approximate surface area is 114 Å². The number of imidazole rings is 1. The highest BCUT2D eigenvalue weighted by Gasteiger charge is 2.14. The van der Waals surface area contributed by atoms with Gasteiger partial charge in [-0.25, -0.2) is 17.8 Å².